The number of thiocarbonyl (C=S) groups is 1. The van der Waals surface area contributed by atoms with Gasteiger partial charge >= 0.3 is 0 Å². The van der Waals surface area contributed by atoms with Crippen LogP contribution in [0.1, 0.15) is 6.92 Å². The smallest absolute Gasteiger partial charge is 0.240 e. The van der Waals surface area contributed by atoms with Gasteiger partial charge in [0.1, 0.15) is 0 Å². The molecule has 2 rings (SSSR count). The van der Waals surface area contributed by atoms with Crippen molar-refractivity contribution in [2.75, 3.05) is 17.2 Å². The summed E-state index contributed by atoms with van der Waals surface area (Å²) in [6, 6.07) is 11.2. The molecule has 0 aromatic heterocycles. The summed E-state index contributed by atoms with van der Waals surface area (Å²) < 4.78 is 26.2. The molecule has 24 heavy (non-hydrogen) atoms. The van der Waals surface area contributed by atoms with Gasteiger partial charge in [-0.3, -0.25) is 0 Å². The van der Waals surface area contributed by atoms with E-state index in [1.165, 1.54) is 12.1 Å². The van der Waals surface area contributed by atoms with E-state index in [1.54, 1.807) is 37.3 Å². The van der Waals surface area contributed by atoms with Crippen molar-refractivity contribution in [2.45, 2.75) is 11.8 Å². The van der Waals surface area contributed by atoms with E-state index >= 15 is 0 Å². The van der Waals surface area contributed by atoms with Crippen LogP contribution < -0.4 is 15.4 Å². The van der Waals surface area contributed by atoms with Gasteiger partial charge in [-0.25, -0.2) is 13.1 Å². The van der Waals surface area contributed by atoms with Crippen LogP contribution in [0.5, 0.6) is 0 Å². The summed E-state index contributed by atoms with van der Waals surface area (Å²) in [5.41, 5.74) is 1.22. The molecule has 0 bridgehead atoms. The third-order valence-electron chi connectivity index (χ3n) is 2.93. The Hall–Kier alpha value is -1.38. The first-order chi connectivity index (χ1) is 11.3. The number of anilines is 2. The average molecular weight is 404 g/mol. The molecule has 0 unspecified atom stereocenters. The molecule has 0 fully saturated rings. The predicted molar refractivity (Wildman–Crippen MR) is 104 cm³/mol. The van der Waals surface area contributed by atoms with Crippen LogP contribution in [-0.4, -0.2) is 20.1 Å². The highest BCUT2D eigenvalue weighted by Gasteiger charge is 2.12. The highest BCUT2D eigenvalue weighted by molar-refractivity contribution is 7.89. The highest BCUT2D eigenvalue weighted by Crippen LogP contribution is 2.25. The van der Waals surface area contributed by atoms with Gasteiger partial charge < -0.3 is 10.6 Å². The van der Waals surface area contributed by atoms with Gasteiger partial charge in [-0.05, 0) is 54.7 Å². The van der Waals surface area contributed by atoms with Crippen molar-refractivity contribution in [3.05, 3.63) is 52.5 Å². The van der Waals surface area contributed by atoms with Gasteiger partial charge in [-0.1, -0.05) is 30.1 Å². The number of rotatable bonds is 5. The van der Waals surface area contributed by atoms with Crippen LogP contribution in [0.15, 0.2) is 47.4 Å². The molecule has 2 aromatic rings. The zero-order valence-electron chi connectivity index (χ0n) is 12.6. The summed E-state index contributed by atoms with van der Waals surface area (Å²) in [4.78, 5) is 0.187. The lowest BCUT2D eigenvalue weighted by atomic mass is 10.3. The van der Waals surface area contributed by atoms with Gasteiger partial charge in [0.25, 0.3) is 0 Å². The molecule has 0 saturated carbocycles. The van der Waals surface area contributed by atoms with Crippen LogP contribution in [0.2, 0.25) is 10.0 Å². The fraction of sp³-hybridized carbons (Fsp3) is 0.133. The Morgan fingerprint density at radius 3 is 2.38 bits per heavy atom. The van der Waals surface area contributed by atoms with Crippen LogP contribution in [0.4, 0.5) is 11.4 Å². The van der Waals surface area contributed by atoms with Gasteiger partial charge in [0.2, 0.25) is 10.0 Å². The minimum atomic E-state index is -3.47. The van der Waals surface area contributed by atoms with E-state index in [9.17, 15) is 8.42 Å². The van der Waals surface area contributed by atoms with Gasteiger partial charge in [0.05, 0.1) is 15.6 Å². The largest absolute Gasteiger partial charge is 0.332 e. The Labute approximate surface area is 156 Å². The maximum atomic E-state index is 11.9. The SMILES string of the molecule is CCNS(=O)(=O)c1ccc(NC(=S)Nc2cc(Cl)ccc2Cl)cc1. The molecule has 0 amide bonds. The maximum Gasteiger partial charge on any atom is 0.240 e. The monoisotopic (exact) mass is 403 g/mol. The summed E-state index contributed by atoms with van der Waals surface area (Å²) >= 11 is 17.2. The number of benzene rings is 2. The number of sulfonamides is 1. The van der Waals surface area contributed by atoms with Crippen molar-refractivity contribution in [2.24, 2.45) is 0 Å². The highest BCUT2D eigenvalue weighted by atomic mass is 35.5. The van der Waals surface area contributed by atoms with Crippen LogP contribution in [0.3, 0.4) is 0 Å². The van der Waals surface area contributed by atoms with Gasteiger partial charge in [-0.15, -0.1) is 0 Å². The second kappa shape index (κ2) is 8.13. The van der Waals surface area contributed by atoms with E-state index < -0.39 is 10.0 Å². The van der Waals surface area contributed by atoms with Gasteiger partial charge in [0.15, 0.2) is 5.11 Å². The first kappa shape index (κ1) is 19.0. The standard InChI is InChI=1S/C15H15Cl2N3O2S2/c1-2-18-24(21,22)12-6-4-11(5-7-12)19-15(23)20-14-9-10(16)3-8-13(14)17/h3-9,18H,2H2,1H3,(H2,19,20,23). The lowest BCUT2D eigenvalue weighted by Gasteiger charge is -2.12. The summed E-state index contributed by atoms with van der Waals surface area (Å²) in [5.74, 6) is 0. The van der Waals surface area contributed by atoms with Crippen LogP contribution in [-0.2, 0) is 10.0 Å². The Balaban J connectivity index is 2.06. The molecule has 0 saturated heterocycles. The molecule has 0 aliphatic carbocycles. The topological polar surface area (TPSA) is 70.2 Å². The summed E-state index contributed by atoms with van der Waals surface area (Å²) in [6.45, 7) is 2.05. The molecule has 3 N–H and O–H groups in total. The molecule has 5 nitrogen and oxygen atoms in total. The molecule has 128 valence electrons. The number of hydrogen-bond donors (Lipinski definition) is 3. The first-order valence-electron chi connectivity index (χ1n) is 6.94. The molecule has 9 heteroatoms. The molecule has 0 radical (unpaired) electrons. The van der Waals surface area contributed by atoms with E-state index in [2.05, 4.69) is 15.4 Å². The van der Waals surface area contributed by atoms with E-state index in [0.717, 1.165) is 0 Å². The molecule has 0 aliphatic heterocycles. The normalized spacial score (nSPS) is 11.1. The van der Waals surface area contributed by atoms with E-state index in [1.807, 2.05) is 0 Å². The summed E-state index contributed by atoms with van der Waals surface area (Å²) in [7, 11) is -3.47. The number of hydrogen-bond acceptors (Lipinski definition) is 3. The predicted octanol–water partition coefficient (Wildman–Crippen LogP) is 4.10. The second-order valence-electron chi connectivity index (χ2n) is 4.73. The number of nitrogens with one attached hydrogen (secondary N) is 3. The molecule has 0 aliphatic rings. The fourth-order valence-electron chi connectivity index (χ4n) is 1.87. The van der Waals surface area contributed by atoms with Crippen LogP contribution in [0.25, 0.3) is 0 Å². The molecular formula is C15H15Cl2N3O2S2. The Bertz CT molecular complexity index is 840. The Morgan fingerprint density at radius 2 is 1.75 bits per heavy atom. The van der Waals surface area contributed by atoms with Gasteiger partial charge in [-0.2, -0.15) is 0 Å². The zero-order valence-corrected chi connectivity index (χ0v) is 15.8. The molecule has 0 heterocycles. The van der Waals surface area contributed by atoms with Crippen molar-refractivity contribution in [3.8, 4) is 0 Å². The van der Waals surface area contributed by atoms with Crippen molar-refractivity contribution in [3.63, 3.8) is 0 Å². The van der Waals surface area contributed by atoms with E-state index in [-0.39, 0.29) is 4.90 Å². The van der Waals surface area contributed by atoms with Crippen molar-refractivity contribution < 1.29 is 8.42 Å². The molecule has 0 atom stereocenters. The number of halogens is 2. The van der Waals surface area contributed by atoms with E-state index in [0.29, 0.717) is 33.1 Å². The zero-order chi connectivity index (χ0) is 17.7. The quantitative estimate of drug-likeness (QED) is 0.655. The third kappa shape index (κ3) is 5.06. The first-order valence-corrected chi connectivity index (χ1v) is 9.59. The average Bonchev–Trinajstić information content (AvgIpc) is 2.51. The maximum absolute atomic E-state index is 11.9. The van der Waals surface area contributed by atoms with Crippen molar-refractivity contribution >= 4 is 61.9 Å². The lowest BCUT2D eigenvalue weighted by molar-refractivity contribution is 0.584. The fourth-order valence-corrected chi connectivity index (χ4v) is 3.47. The van der Waals surface area contributed by atoms with Gasteiger partial charge in [0, 0.05) is 17.3 Å². The third-order valence-corrected chi connectivity index (χ3v) is 5.26. The minimum absolute atomic E-state index is 0.187. The molecule has 2 aromatic carbocycles. The summed E-state index contributed by atoms with van der Waals surface area (Å²) in [6.07, 6.45) is 0. The minimum Gasteiger partial charge on any atom is -0.332 e. The summed E-state index contributed by atoms with van der Waals surface area (Å²) in [5, 5.41) is 7.21. The van der Waals surface area contributed by atoms with Crippen molar-refractivity contribution in [1.82, 2.24) is 4.72 Å². The van der Waals surface area contributed by atoms with E-state index in [4.69, 9.17) is 35.4 Å². The Kier molecular flexibility index (Phi) is 6.42. The van der Waals surface area contributed by atoms with Crippen LogP contribution >= 0.6 is 35.4 Å². The molecule has 0 spiro atoms. The second-order valence-corrected chi connectivity index (χ2v) is 7.75. The Morgan fingerprint density at radius 1 is 1.08 bits per heavy atom. The molecular weight excluding hydrogens is 389 g/mol. The van der Waals surface area contributed by atoms with Crippen molar-refractivity contribution in [1.29, 1.82) is 0 Å². The lowest BCUT2D eigenvalue weighted by Crippen LogP contribution is -2.23. The van der Waals surface area contributed by atoms with Crippen LogP contribution in [0, 0.1) is 0 Å².